The second-order valence-electron chi connectivity index (χ2n) is 7.07. The normalized spacial score (nSPS) is 11.3. The fourth-order valence-electron chi connectivity index (χ4n) is 2.92. The lowest BCUT2D eigenvalue weighted by molar-refractivity contribution is 0.0914. The first-order chi connectivity index (χ1) is 14.4. The lowest BCUT2D eigenvalue weighted by atomic mass is 10.0. The molecule has 1 N–H and O–H groups in total. The molecule has 6 nitrogen and oxygen atoms in total. The molecule has 0 saturated heterocycles. The quantitative estimate of drug-likeness (QED) is 0.505. The van der Waals surface area contributed by atoms with E-state index < -0.39 is 0 Å². The van der Waals surface area contributed by atoms with Crippen LogP contribution >= 0.6 is 0 Å². The van der Waals surface area contributed by atoms with Crippen molar-refractivity contribution in [2.24, 2.45) is 7.05 Å². The Morgan fingerprint density at radius 2 is 1.93 bits per heavy atom. The Morgan fingerprint density at radius 1 is 1.17 bits per heavy atom. The summed E-state index contributed by atoms with van der Waals surface area (Å²) in [6.07, 6.45) is 1.64. The van der Waals surface area contributed by atoms with Crippen LogP contribution in [0.25, 0.3) is 11.1 Å². The maximum atomic E-state index is 12.7. The number of carbonyl (C=O) groups excluding carboxylic acids is 1. The number of amides is 1. The predicted molar refractivity (Wildman–Crippen MR) is 116 cm³/mol. The molecule has 1 amide bonds. The molecule has 0 radical (unpaired) electrons. The molecule has 2 aromatic carbocycles. The third-order valence-electron chi connectivity index (χ3n) is 4.37. The number of nitrogens with one attached hydrogen (secondary N) is 1. The highest BCUT2D eigenvalue weighted by molar-refractivity contribution is 5.97. The van der Waals surface area contributed by atoms with Crippen molar-refractivity contribution in [3.05, 3.63) is 71.5 Å². The van der Waals surface area contributed by atoms with E-state index >= 15 is 0 Å². The smallest absolute Gasteiger partial charge is 0.262 e. The van der Waals surface area contributed by atoms with Crippen molar-refractivity contribution in [1.82, 2.24) is 15.1 Å². The van der Waals surface area contributed by atoms with E-state index in [-0.39, 0.29) is 12.0 Å². The lowest BCUT2D eigenvalue weighted by Crippen LogP contribution is -2.20. The Labute approximate surface area is 176 Å². The molecule has 1 heterocycles. The summed E-state index contributed by atoms with van der Waals surface area (Å²) in [5.74, 6) is 3.11. The van der Waals surface area contributed by atoms with Crippen LogP contribution in [0.2, 0.25) is 0 Å². The van der Waals surface area contributed by atoms with Gasteiger partial charge >= 0.3 is 0 Å². The molecule has 0 spiro atoms. The molecule has 6 heteroatoms. The SMILES string of the molecule is COC[C@H](C)Oc1cc(C(=O)NC#Cc2ccn(C)n2)cc(-c2ccc(C)cc2)c1. The van der Waals surface area contributed by atoms with Gasteiger partial charge < -0.3 is 9.47 Å². The molecular weight excluding hydrogens is 378 g/mol. The zero-order valence-corrected chi connectivity index (χ0v) is 17.6. The molecule has 0 aliphatic rings. The zero-order chi connectivity index (χ0) is 21.5. The number of aromatic nitrogens is 2. The summed E-state index contributed by atoms with van der Waals surface area (Å²) in [6.45, 7) is 4.40. The van der Waals surface area contributed by atoms with Crippen molar-refractivity contribution in [2.45, 2.75) is 20.0 Å². The maximum Gasteiger partial charge on any atom is 0.262 e. The molecule has 0 saturated carbocycles. The number of hydrogen-bond donors (Lipinski definition) is 1. The van der Waals surface area contributed by atoms with Crippen molar-refractivity contribution < 1.29 is 14.3 Å². The van der Waals surface area contributed by atoms with Crippen LogP contribution in [0.15, 0.2) is 54.7 Å². The summed E-state index contributed by atoms with van der Waals surface area (Å²) in [6, 6.07) is 18.0. The van der Waals surface area contributed by atoms with Gasteiger partial charge in [0.05, 0.1) is 6.61 Å². The Balaban J connectivity index is 1.87. The topological polar surface area (TPSA) is 65.4 Å². The van der Waals surface area contributed by atoms with E-state index in [4.69, 9.17) is 9.47 Å². The van der Waals surface area contributed by atoms with Crippen LogP contribution in [-0.2, 0) is 11.8 Å². The predicted octanol–water partition coefficient (Wildman–Crippen LogP) is 3.55. The van der Waals surface area contributed by atoms with Crippen molar-refractivity contribution >= 4 is 5.91 Å². The van der Waals surface area contributed by atoms with E-state index in [9.17, 15) is 4.79 Å². The van der Waals surface area contributed by atoms with Gasteiger partial charge in [-0.2, -0.15) is 5.10 Å². The number of ether oxygens (including phenoxy) is 2. The van der Waals surface area contributed by atoms with E-state index in [1.165, 1.54) is 5.56 Å². The summed E-state index contributed by atoms with van der Waals surface area (Å²) in [5, 5.41) is 6.79. The van der Waals surface area contributed by atoms with Crippen molar-refractivity contribution in [1.29, 1.82) is 0 Å². The van der Waals surface area contributed by atoms with Gasteiger partial charge in [-0.25, -0.2) is 0 Å². The first-order valence-corrected chi connectivity index (χ1v) is 9.63. The monoisotopic (exact) mass is 403 g/mol. The fraction of sp³-hybridized carbons (Fsp3) is 0.250. The third kappa shape index (κ3) is 5.72. The molecular formula is C24H25N3O3. The van der Waals surface area contributed by atoms with E-state index in [1.54, 1.807) is 30.1 Å². The molecule has 0 unspecified atom stereocenters. The first kappa shape index (κ1) is 21.2. The minimum atomic E-state index is -0.309. The van der Waals surface area contributed by atoms with Gasteiger partial charge in [0.25, 0.3) is 5.91 Å². The number of nitrogens with zero attached hydrogens (tertiary/aromatic N) is 2. The Hall–Kier alpha value is -3.56. The van der Waals surface area contributed by atoms with Gasteiger partial charge in [-0.05, 0) is 55.2 Å². The largest absolute Gasteiger partial charge is 0.488 e. The molecule has 0 fully saturated rings. The van der Waals surface area contributed by atoms with E-state index in [2.05, 4.69) is 22.4 Å². The third-order valence-corrected chi connectivity index (χ3v) is 4.37. The minimum absolute atomic E-state index is 0.150. The van der Waals surface area contributed by atoms with Gasteiger partial charge in [-0.1, -0.05) is 29.8 Å². The highest BCUT2D eigenvalue weighted by atomic mass is 16.5. The summed E-state index contributed by atoms with van der Waals surface area (Å²) in [4.78, 5) is 12.7. The van der Waals surface area contributed by atoms with Crippen LogP contribution in [0.1, 0.15) is 28.5 Å². The van der Waals surface area contributed by atoms with E-state index in [0.29, 0.717) is 23.6 Å². The van der Waals surface area contributed by atoms with Crippen molar-refractivity contribution in [3.63, 3.8) is 0 Å². The minimum Gasteiger partial charge on any atom is -0.488 e. The van der Waals surface area contributed by atoms with Gasteiger partial charge in [0.2, 0.25) is 0 Å². The second-order valence-corrected chi connectivity index (χ2v) is 7.07. The average molecular weight is 403 g/mol. The number of carbonyl (C=O) groups is 1. The highest BCUT2D eigenvalue weighted by Crippen LogP contribution is 2.27. The molecule has 3 rings (SSSR count). The molecule has 0 bridgehead atoms. The number of rotatable bonds is 6. The van der Waals surface area contributed by atoms with Gasteiger partial charge in [0, 0.05) is 32.0 Å². The summed E-state index contributed by atoms with van der Waals surface area (Å²) < 4.78 is 12.8. The highest BCUT2D eigenvalue weighted by Gasteiger charge is 2.12. The molecule has 30 heavy (non-hydrogen) atoms. The number of hydrogen-bond acceptors (Lipinski definition) is 4. The fourth-order valence-corrected chi connectivity index (χ4v) is 2.92. The Kier molecular flexibility index (Phi) is 6.89. The van der Waals surface area contributed by atoms with Crippen LogP contribution < -0.4 is 10.1 Å². The van der Waals surface area contributed by atoms with Gasteiger partial charge in [-0.3, -0.25) is 14.8 Å². The van der Waals surface area contributed by atoms with E-state index in [1.807, 2.05) is 57.3 Å². The summed E-state index contributed by atoms with van der Waals surface area (Å²) in [7, 11) is 3.44. The van der Waals surface area contributed by atoms with E-state index in [0.717, 1.165) is 11.1 Å². The van der Waals surface area contributed by atoms with Crippen LogP contribution in [-0.4, -0.2) is 35.5 Å². The summed E-state index contributed by atoms with van der Waals surface area (Å²) in [5.41, 5.74) is 4.10. The van der Waals surface area contributed by atoms with Gasteiger partial charge in [0.1, 0.15) is 17.5 Å². The average Bonchev–Trinajstić information content (AvgIpc) is 3.13. The summed E-state index contributed by atoms with van der Waals surface area (Å²) >= 11 is 0. The molecule has 0 aliphatic heterocycles. The molecule has 3 aromatic rings. The zero-order valence-electron chi connectivity index (χ0n) is 17.6. The molecule has 154 valence electrons. The Bertz CT molecular complexity index is 1080. The first-order valence-electron chi connectivity index (χ1n) is 9.63. The van der Waals surface area contributed by atoms with Gasteiger partial charge in [-0.15, -0.1) is 0 Å². The Morgan fingerprint density at radius 3 is 2.60 bits per heavy atom. The molecule has 1 aromatic heterocycles. The van der Waals surface area contributed by atoms with Crippen molar-refractivity contribution in [3.8, 4) is 28.8 Å². The van der Waals surface area contributed by atoms with Crippen LogP contribution in [0.3, 0.4) is 0 Å². The van der Waals surface area contributed by atoms with Crippen LogP contribution in [0.4, 0.5) is 0 Å². The van der Waals surface area contributed by atoms with Crippen molar-refractivity contribution in [2.75, 3.05) is 13.7 Å². The van der Waals surface area contributed by atoms with Crippen LogP contribution in [0.5, 0.6) is 5.75 Å². The maximum absolute atomic E-state index is 12.7. The standard InChI is InChI=1S/C24H25N3O3/c1-17-5-7-19(8-6-17)20-13-21(15-23(14-20)30-18(2)16-29-4)24(28)25-11-9-22-10-12-27(3)26-22/h5-8,10,12-15,18H,16H2,1-4H3,(H,25,28)/t18-/m0/s1. The number of benzene rings is 2. The lowest BCUT2D eigenvalue weighted by Gasteiger charge is -2.16. The number of aryl methyl sites for hydroxylation is 2. The van der Waals surface area contributed by atoms with Gasteiger partial charge in [0.15, 0.2) is 0 Å². The van der Waals surface area contributed by atoms with Crippen LogP contribution in [0, 0.1) is 18.9 Å². The number of methoxy groups -OCH3 is 1. The second kappa shape index (κ2) is 9.77. The molecule has 1 atom stereocenters. The molecule has 0 aliphatic carbocycles.